The van der Waals surface area contributed by atoms with Gasteiger partial charge < -0.3 is 32.9 Å². The summed E-state index contributed by atoms with van der Waals surface area (Å²) in [7, 11) is 0. The van der Waals surface area contributed by atoms with Crippen molar-refractivity contribution in [3.05, 3.63) is 65.2 Å². The Morgan fingerprint density at radius 3 is 2.38 bits per heavy atom. The highest BCUT2D eigenvalue weighted by Crippen LogP contribution is 2.49. The minimum Gasteiger partial charge on any atom is -0.352 e. The summed E-state index contributed by atoms with van der Waals surface area (Å²) in [5, 5.41) is 27.1. The van der Waals surface area contributed by atoms with Gasteiger partial charge in [-0.05, 0) is 48.6 Å². The van der Waals surface area contributed by atoms with Crippen molar-refractivity contribution in [3.63, 3.8) is 0 Å². The molecule has 338 valence electrons. The minimum absolute atomic E-state index is 0.00552. The van der Waals surface area contributed by atoms with Gasteiger partial charge in [0.25, 0.3) is 24.8 Å². The number of rotatable bonds is 20. The van der Waals surface area contributed by atoms with Crippen LogP contribution in [0.2, 0.25) is 0 Å². The van der Waals surface area contributed by atoms with Crippen molar-refractivity contribution in [2.75, 3.05) is 37.1 Å². The summed E-state index contributed by atoms with van der Waals surface area (Å²) in [6.07, 6.45) is 3.13. The monoisotopic (exact) mass is 954 g/mol. The molecule has 7 atom stereocenters. The highest BCUT2D eigenvalue weighted by atomic mass is 32.5. The molecule has 2 unspecified atom stereocenters. The number of benzene rings is 1. The van der Waals surface area contributed by atoms with E-state index in [1.165, 1.54) is 12.7 Å². The van der Waals surface area contributed by atoms with Crippen molar-refractivity contribution in [3.8, 4) is 12.1 Å². The van der Waals surface area contributed by atoms with E-state index in [1.807, 2.05) is 12.1 Å². The Kier molecular flexibility index (Phi) is 15.3. The number of nitrogens with two attached hydrogens (primary N) is 1. The van der Waals surface area contributed by atoms with Crippen molar-refractivity contribution in [1.82, 2.24) is 44.1 Å². The smallest absolute Gasteiger partial charge is 0.280 e. The number of aromatic amines is 1. The SMILES string of the molecule is CC(C)C(=O)Nc1nc2c(ncn2[C@H]2C[C@H](NP(=S)(OCCC#N)OC[C@@H]3CC[C@H](n4cnc5c(NC(=O)c6ccccc6)ncnc54)O3)[C@@H](COP(N)(=S)OCCC#N)O2)c(=O)[nH]1. The number of nitrogens with one attached hydrogen (secondary N) is 4. The number of nitriles is 2. The zero-order chi connectivity index (χ0) is 45.4. The molecule has 6 heterocycles. The van der Waals surface area contributed by atoms with Crippen LogP contribution in [0.25, 0.3) is 22.3 Å². The zero-order valence-electron chi connectivity index (χ0n) is 34.4. The fraction of sp³-hybridized carbons (Fsp3) is 0.459. The number of anilines is 2. The van der Waals surface area contributed by atoms with Gasteiger partial charge in [-0.25, -0.2) is 25.0 Å². The maximum absolute atomic E-state index is 13.0. The van der Waals surface area contributed by atoms with E-state index in [0.29, 0.717) is 29.6 Å². The number of ether oxygens (including phenoxy) is 2. The van der Waals surface area contributed by atoms with E-state index in [0.717, 1.165) is 0 Å². The summed E-state index contributed by atoms with van der Waals surface area (Å²) >= 11 is 11.4. The maximum atomic E-state index is 13.0. The van der Waals surface area contributed by atoms with Crippen LogP contribution in [0.15, 0.2) is 54.1 Å². The number of H-pyrrole nitrogens is 1. The molecule has 4 aromatic heterocycles. The predicted octanol–water partition coefficient (Wildman–Crippen LogP) is 4.03. The number of hydrogen-bond donors (Lipinski definition) is 5. The van der Waals surface area contributed by atoms with E-state index in [1.54, 1.807) is 53.6 Å². The largest absolute Gasteiger partial charge is 0.352 e. The van der Waals surface area contributed by atoms with Crippen LogP contribution in [-0.4, -0.2) is 95.5 Å². The fourth-order valence-corrected chi connectivity index (χ4v) is 10.3. The lowest BCUT2D eigenvalue weighted by Gasteiger charge is -2.29. The average molecular weight is 955 g/mol. The molecule has 5 aromatic rings. The molecular formula is C37H44N14O9P2S2. The highest BCUT2D eigenvalue weighted by molar-refractivity contribution is 8.09. The second kappa shape index (κ2) is 20.9. The Labute approximate surface area is 375 Å². The number of imidazole rings is 2. The number of fused-ring (bicyclic) bond motifs is 2. The second-order valence-electron chi connectivity index (χ2n) is 14.8. The van der Waals surface area contributed by atoms with Gasteiger partial charge in [-0.1, -0.05) is 32.0 Å². The number of carbonyl (C=O) groups is 2. The van der Waals surface area contributed by atoms with Gasteiger partial charge in [0.2, 0.25) is 11.9 Å². The van der Waals surface area contributed by atoms with Crippen molar-refractivity contribution >= 4 is 82.8 Å². The van der Waals surface area contributed by atoms with Crippen LogP contribution < -0.4 is 26.8 Å². The summed E-state index contributed by atoms with van der Waals surface area (Å²) in [6.45, 7) is -3.63. The van der Waals surface area contributed by atoms with Crippen LogP contribution in [0.5, 0.6) is 0 Å². The molecule has 0 saturated carbocycles. The molecule has 23 nitrogen and oxygen atoms in total. The Balaban J connectivity index is 1.07. The van der Waals surface area contributed by atoms with Gasteiger partial charge in [-0.15, -0.1) is 0 Å². The van der Waals surface area contributed by atoms with E-state index in [4.69, 9.17) is 61.9 Å². The van der Waals surface area contributed by atoms with Crippen LogP contribution in [0, 0.1) is 28.6 Å². The van der Waals surface area contributed by atoms with Gasteiger partial charge in [0.1, 0.15) is 18.8 Å². The van der Waals surface area contributed by atoms with Gasteiger partial charge >= 0.3 is 0 Å². The molecule has 0 radical (unpaired) electrons. The molecule has 64 heavy (non-hydrogen) atoms. The van der Waals surface area contributed by atoms with Crippen LogP contribution in [-0.2, 0) is 56.0 Å². The summed E-state index contributed by atoms with van der Waals surface area (Å²) in [5.74, 6) is -0.894. The van der Waals surface area contributed by atoms with Crippen molar-refractivity contribution < 1.29 is 37.2 Å². The van der Waals surface area contributed by atoms with E-state index >= 15 is 0 Å². The fourth-order valence-electron chi connectivity index (χ4n) is 6.73. The third-order valence-corrected chi connectivity index (χ3v) is 14.2. The summed E-state index contributed by atoms with van der Waals surface area (Å²) in [6, 6.07) is 12.1. The molecular weight excluding hydrogens is 911 g/mol. The second-order valence-corrected chi connectivity index (χ2v) is 21.1. The van der Waals surface area contributed by atoms with E-state index in [9.17, 15) is 19.6 Å². The quantitative estimate of drug-likeness (QED) is 0.0543. The summed E-state index contributed by atoms with van der Waals surface area (Å²) in [4.78, 5) is 62.8. The lowest BCUT2D eigenvalue weighted by atomic mass is 10.1. The molecule has 0 spiro atoms. The van der Waals surface area contributed by atoms with Crippen LogP contribution in [0.4, 0.5) is 11.8 Å². The Morgan fingerprint density at radius 1 is 0.922 bits per heavy atom. The molecule has 2 fully saturated rings. The molecule has 1 aromatic carbocycles. The van der Waals surface area contributed by atoms with Gasteiger partial charge in [0.05, 0.1) is 76.3 Å². The molecule has 27 heteroatoms. The lowest BCUT2D eigenvalue weighted by molar-refractivity contribution is -0.118. The van der Waals surface area contributed by atoms with Crippen molar-refractivity contribution in [2.45, 2.75) is 76.7 Å². The third-order valence-electron chi connectivity index (χ3n) is 9.90. The number of carbonyl (C=O) groups excluding carboxylic acids is 2. The van der Waals surface area contributed by atoms with E-state index < -0.39 is 49.5 Å². The normalized spacial score (nSPS) is 21.6. The standard InChI is InChI=1S/C37H44N14O9P2S2/c1-22(2)34(52)47-37-46-33-30(36(54)48-37)44-21-51(33)28-16-25(26(60-28)18-57-61(40,63)55-14-6-12-38)49-62(64,56-15-7-13-39)58-17-24-10-11-27(59-24)50-20-43-29-31(41-19-42-32(29)50)45-35(53)23-8-4-3-5-9-23/h3-5,8-9,19-22,24-28H,6-7,10-11,14-18H2,1-2H3,(H2,40,63)(H,49,64)(H,41,42,45,53)(H2,46,47,48,52,54)/t24-,25-,26+,27+,28+,61?,62?/m0/s1. The van der Waals surface area contributed by atoms with Gasteiger partial charge in [0.15, 0.2) is 28.1 Å². The molecule has 0 aliphatic carbocycles. The van der Waals surface area contributed by atoms with E-state index in [2.05, 4.69) is 51.7 Å². The number of amides is 2. The molecule has 2 aliphatic heterocycles. The molecule has 6 N–H and O–H groups in total. The average Bonchev–Trinajstić information content (AvgIpc) is 4.09. The lowest BCUT2D eigenvalue weighted by Crippen LogP contribution is -2.38. The van der Waals surface area contributed by atoms with Gasteiger partial charge in [-0.3, -0.25) is 39.3 Å². The molecule has 2 aliphatic rings. The molecule has 2 saturated heterocycles. The highest BCUT2D eigenvalue weighted by Gasteiger charge is 2.42. The van der Waals surface area contributed by atoms with Crippen molar-refractivity contribution in [2.24, 2.45) is 11.4 Å². The van der Waals surface area contributed by atoms with Crippen LogP contribution in [0.1, 0.15) is 68.8 Å². The minimum atomic E-state index is -3.45. The number of hydrogen-bond acceptors (Lipinski definition) is 18. The van der Waals surface area contributed by atoms with Crippen LogP contribution in [0.3, 0.4) is 0 Å². The summed E-state index contributed by atoms with van der Waals surface area (Å²) in [5.41, 5.74) is 7.07. The molecule has 0 bridgehead atoms. The molecule has 2 amide bonds. The first-order valence-electron chi connectivity index (χ1n) is 20.0. The first-order chi connectivity index (χ1) is 30.8. The Bertz CT molecular complexity index is 2730. The number of aromatic nitrogens is 8. The third kappa shape index (κ3) is 11.4. The van der Waals surface area contributed by atoms with Crippen molar-refractivity contribution in [1.29, 1.82) is 10.5 Å². The first-order valence-corrected chi connectivity index (χ1v) is 25.3. The van der Waals surface area contributed by atoms with Gasteiger partial charge in [0, 0.05) is 23.9 Å². The topological polar surface area (TPSA) is 306 Å². The Hall–Kier alpha value is -4.98. The first kappa shape index (κ1) is 47.0. The maximum Gasteiger partial charge on any atom is 0.280 e. The molecule has 7 rings (SSSR count). The number of nitrogens with zero attached hydrogens (tertiary/aromatic N) is 9. The van der Waals surface area contributed by atoms with E-state index in [-0.39, 0.29) is 86.4 Å². The van der Waals surface area contributed by atoms with Gasteiger partial charge in [-0.2, -0.15) is 15.5 Å². The Morgan fingerprint density at radius 2 is 1.64 bits per heavy atom. The zero-order valence-corrected chi connectivity index (χ0v) is 37.9. The van der Waals surface area contributed by atoms with Crippen LogP contribution >= 0.6 is 13.3 Å². The summed E-state index contributed by atoms with van der Waals surface area (Å²) < 4.78 is 40.1. The predicted molar refractivity (Wildman–Crippen MR) is 237 cm³/mol.